The molecule has 0 aliphatic rings. The van der Waals surface area contributed by atoms with E-state index >= 15 is 0 Å². The van der Waals surface area contributed by atoms with Crippen molar-refractivity contribution in [3.05, 3.63) is 58.5 Å². The van der Waals surface area contributed by atoms with Gasteiger partial charge in [-0.05, 0) is 43.3 Å². The molecular formula is C18H14N4O3. The van der Waals surface area contributed by atoms with Crippen LogP contribution < -0.4 is 10.2 Å². The molecule has 0 saturated carbocycles. The molecule has 0 saturated heterocycles. The molecule has 7 heteroatoms. The summed E-state index contributed by atoms with van der Waals surface area (Å²) in [4.78, 5) is 24.3. The van der Waals surface area contributed by atoms with E-state index in [-0.39, 0.29) is 11.3 Å². The van der Waals surface area contributed by atoms with Gasteiger partial charge in [0, 0.05) is 17.5 Å². The van der Waals surface area contributed by atoms with Gasteiger partial charge >= 0.3 is 0 Å². The number of hydrogen-bond donors (Lipinski definition) is 1. The first-order chi connectivity index (χ1) is 12.2. The maximum atomic E-state index is 12.7. The van der Waals surface area contributed by atoms with Crippen molar-refractivity contribution >= 4 is 11.0 Å². The van der Waals surface area contributed by atoms with Crippen LogP contribution in [0.5, 0.6) is 5.75 Å². The molecule has 1 aromatic carbocycles. The average molecular weight is 334 g/mol. The Kier molecular flexibility index (Phi) is 3.53. The number of aromatic nitrogens is 4. The second-order valence-corrected chi connectivity index (χ2v) is 5.53. The molecule has 124 valence electrons. The Labute approximate surface area is 142 Å². The summed E-state index contributed by atoms with van der Waals surface area (Å²) in [6, 6.07) is 10.8. The summed E-state index contributed by atoms with van der Waals surface area (Å²) in [6.07, 6.45) is 1.54. The first kappa shape index (κ1) is 15.1. The van der Waals surface area contributed by atoms with E-state index in [2.05, 4.69) is 20.1 Å². The maximum Gasteiger partial charge on any atom is 0.263 e. The van der Waals surface area contributed by atoms with Crippen molar-refractivity contribution < 1.29 is 9.26 Å². The number of benzene rings is 1. The first-order valence-corrected chi connectivity index (χ1v) is 7.63. The highest BCUT2D eigenvalue weighted by Gasteiger charge is 2.16. The van der Waals surface area contributed by atoms with Gasteiger partial charge in [0.05, 0.1) is 12.5 Å². The first-order valence-electron chi connectivity index (χ1n) is 7.63. The monoisotopic (exact) mass is 334 g/mol. The van der Waals surface area contributed by atoms with Crippen LogP contribution in [0.2, 0.25) is 0 Å². The van der Waals surface area contributed by atoms with E-state index in [4.69, 9.17) is 9.26 Å². The predicted molar refractivity (Wildman–Crippen MR) is 92.4 cm³/mol. The molecule has 0 bridgehead atoms. The van der Waals surface area contributed by atoms with Crippen molar-refractivity contribution in [3.63, 3.8) is 0 Å². The lowest BCUT2D eigenvalue weighted by molar-refractivity contribution is 0.415. The van der Waals surface area contributed by atoms with Gasteiger partial charge in [-0.3, -0.25) is 4.79 Å². The van der Waals surface area contributed by atoms with Gasteiger partial charge in [-0.15, -0.1) is 0 Å². The highest BCUT2D eigenvalue weighted by molar-refractivity contribution is 5.79. The number of methoxy groups -OCH3 is 1. The summed E-state index contributed by atoms with van der Waals surface area (Å²) < 4.78 is 10.4. The van der Waals surface area contributed by atoms with E-state index in [1.165, 1.54) is 0 Å². The van der Waals surface area contributed by atoms with Gasteiger partial charge in [0.25, 0.3) is 5.89 Å². The Morgan fingerprint density at radius 3 is 2.64 bits per heavy atom. The topological polar surface area (TPSA) is 93.9 Å². The Morgan fingerprint density at radius 2 is 1.88 bits per heavy atom. The van der Waals surface area contributed by atoms with Crippen LogP contribution in [0.3, 0.4) is 0 Å². The van der Waals surface area contributed by atoms with Crippen molar-refractivity contribution in [3.8, 4) is 28.6 Å². The molecule has 0 amide bonds. The van der Waals surface area contributed by atoms with Crippen molar-refractivity contribution in [2.75, 3.05) is 7.11 Å². The van der Waals surface area contributed by atoms with Crippen LogP contribution in [0, 0.1) is 6.92 Å². The fourth-order valence-corrected chi connectivity index (χ4v) is 2.55. The summed E-state index contributed by atoms with van der Waals surface area (Å²) in [6.45, 7) is 1.87. The fourth-order valence-electron chi connectivity index (χ4n) is 2.55. The van der Waals surface area contributed by atoms with Crippen molar-refractivity contribution in [1.82, 2.24) is 20.1 Å². The lowest BCUT2D eigenvalue weighted by Crippen LogP contribution is -2.07. The number of ether oxygens (including phenoxy) is 1. The second kappa shape index (κ2) is 5.86. The molecule has 0 unspecified atom stereocenters. The third kappa shape index (κ3) is 2.65. The summed E-state index contributed by atoms with van der Waals surface area (Å²) in [7, 11) is 1.60. The predicted octanol–water partition coefficient (Wildman–Crippen LogP) is 2.96. The van der Waals surface area contributed by atoms with Crippen LogP contribution in [0.25, 0.3) is 33.9 Å². The van der Waals surface area contributed by atoms with E-state index in [0.717, 1.165) is 17.0 Å². The summed E-state index contributed by atoms with van der Waals surface area (Å²) in [5, 5.41) is 4.44. The van der Waals surface area contributed by atoms with E-state index in [9.17, 15) is 4.79 Å². The van der Waals surface area contributed by atoms with E-state index in [1.54, 1.807) is 25.4 Å². The zero-order chi connectivity index (χ0) is 17.4. The molecule has 0 aliphatic heterocycles. The number of nitrogens with zero attached hydrogens (tertiary/aromatic N) is 3. The van der Waals surface area contributed by atoms with Crippen LogP contribution in [0.15, 0.2) is 51.9 Å². The Bertz CT molecular complexity index is 1110. The number of aryl methyl sites for hydroxylation is 1. The number of H-pyrrole nitrogens is 1. The average Bonchev–Trinajstić information content (AvgIpc) is 3.12. The third-order valence-corrected chi connectivity index (χ3v) is 3.88. The Morgan fingerprint density at radius 1 is 1.08 bits per heavy atom. The molecule has 0 atom stereocenters. The third-order valence-electron chi connectivity index (χ3n) is 3.88. The highest BCUT2D eigenvalue weighted by atomic mass is 16.5. The largest absolute Gasteiger partial charge is 0.497 e. The standard InChI is InChI=1S/C18H14N4O3/c1-10-3-8-13-15(23)14(9-19-17(13)20-10)18-21-16(22-25-18)11-4-6-12(24-2)7-5-11/h3-9H,1-2H3,(H,19,20,23). The van der Waals surface area contributed by atoms with Crippen molar-refractivity contribution in [2.45, 2.75) is 6.92 Å². The Balaban J connectivity index is 1.77. The molecule has 25 heavy (non-hydrogen) atoms. The van der Waals surface area contributed by atoms with Gasteiger partial charge < -0.3 is 14.2 Å². The van der Waals surface area contributed by atoms with Gasteiger partial charge in [-0.2, -0.15) is 4.98 Å². The molecule has 3 heterocycles. The van der Waals surface area contributed by atoms with E-state index in [0.29, 0.717) is 22.4 Å². The number of nitrogens with one attached hydrogen (secondary N) is 1. The van der Waals surface area contributed by atoms with Gasteiger partial charge in [0.15, 0.2) is 0 Å². The van der Waals surface area contributed by atoms with Crippen LogP contribution >= 0.6 is 0 Å². The fraction of sp³-hybridized carbons (Fsp3) is 0.111. The van der Waals surface area contributed by atoms with Crippen LogP contribution in [-0.2, 0) is 0 Å². The SMILES string of the molecule is COc1ccc(-c2noc(-c3c[nH]c4nc(C)ccc4c3=O)n2)cc1. The van der Waals surface area contributed by atoms with Crippen LogP contribution in [0.1, 0.15) is 5.69 Å². The molecule has 0 spiro atoms. The number of fused-ring (bicyclic) bond motifs is 1. The summed E-state index contributed by atoms with van der Waals surface area (Å²) in [5.74, 6) is 1.30. The van der Waals surface area contributed by atoms with E-state index in [1.807, 2.05) is 31.2 Å². The molecule has 4 rings (SSSR count). The minimum atomic E-state index is -0.203. The number of hydrogen-bond acceptors (Lipinski definition) is 6. The van der Waals surface area contributed by atoms with Crippen LogP contribution in [-0.4, -0.2) is 27.2 Å². The van der Waals surface area contributed by atoms with Gasteiger partial charge in [-0.1, -0.05) is 5.16 Å². The van der Waals surface area contributed by atoms with Crippen molar-refractivity contribution in [1.29, 1.82) is 0 Å². The summed E-state index contributed by atoms with van der Waals surface area (Å²) >= 11 is 0. The zero-order valence-corrected chi connectivity index (χ0v) is 13.6. The van der Waals surface area contributed by atoms with Gasteiger partial charge in [0.2, 0.25) is 11.3 Å². The number of pyridine rings is 2. The molecule has 7 nitrogen and oxygen atoms in total. The lowest BCUT2D eigenvalue weighted by atomic mass is 10.2. The van der Waals surface area contributed by atoms with Crippen molar-refractivity contribution in [2.24, 2.45) is 0 Å². The van der Waals surface area contributed by atoms with E-state index < -0.39 is 0 Å². The highest BCUT2D eigenvalue weighted by Crippen LogP contribution is 2.23. The normalized spacial score (nSPS) is 11.0. The minimum absolute atomic E-state index is 0.162. The van der Waals surface area contributed by atoms with Gasteiger partial charge in [-0.25, -0.2) is 4.98 Å². The van der Waals surface area contributed by atoms with Gasteiger partial charge in [0.1, 0.15) is 17.0 Å². The lowest BCUT2D eigenvalue weighted by Gasteiger charge is -2.00. The molecule has 0 fully saturated rings. The molecular weight excluding hydrogens is 320 g/mol. The molecule has 0 radical (unpaired) electrons. The molecule has 3 aromatic heterocycles. The van der Waals surface area contributed by atoms with Crippen LogP contribution in [0.4, 0.5) is 0 Å². The smallest absolute Gasteiger partial charge is 0.263 e. The molecule has 4 aromatic rings. The number of rotatable bonds is 3. The molecule has 0 aliphatic carbocycles. The number of aromatic amines is 1. The Hall–Kier alpha value is -3.48. The minimum Gasteiger partial charge on any atom is -0.497 e. The second-order valence-electron chi connectivity index (χ2n) is 5.53. The quantitative estimate of drug-likeness (QED) is 0.619. The maximum absolute atomic E-state index is 12.7. The molecule has 1 N–H and O–H groups in total. The zero-order valence-electron chi connectivity index (χ0n) is 13.6. The summed E-state index contributed by atoms with van der Waals surface area (Å²) in [5.41, 5.74) is 2.24.